The van der Waals surface area contributed by atoms with Crippen LogP contribution in [0.4, 0.5) is 22.7 Å². The second kappa shape index (κ2) is 8.82. The number of allylic oxidation sites excluding steroid dienone is 1. The highest BCUT2D eigenvalue weighted by atomic mass is 16.3. The standard InChI is InChI=1S/C44H35BN2O/c1-26-37-27(2)39-41-44(4)40(37)43(3,42-38(26)29-18-8-15-25-36(29)48-42)30-19-9-12-22-33(30)47(44)35-24-14-11-21-32(35)45(41)31-20-10-13-23-34(31)46(39)28-16-6-5-7-17-28/h5-27H,1-4H3. The summed E-state index contributed by atoms with van der Waals surface area (Å²) < 4.78 is 7.09. The quantitative estimate of drug-likeness (QED) is 0.135. The van der Waals surface area contributed by atoms with Gasteiger partial charge in [-0.15, -0.1) is 0 Å². The third-order valence-corrected chi connectivity index (χ3v) is 12.6. The van der Waals surface area contributed by atoms with Crippen LogP contribution in [0.3, 0.4) is 0 Å². The van der Waals surface area contributed by atoms with Crippen LogP contribution >= 0.6 is 0 Å². The van der Waals surface area contributed by atoms with Gasteiger partial charge in [0.25, 0.3) is 0 Å². The van der Waals surface area contributed by atoms with Gasteiger partial charge in [0, 0.05) is 51.2 Å². The van der Waals surface area contributed by atoms with Crippen molar-refractivity contribution >= 4 is 51.4 Å². The van der Waals surface area contributed by atoms with Gasteiger partial charge in [-0.3, -0.25) is 0 Å². The first-order chi connectivity index (χ1) is 23.5. The first kappa shape index (κ1) is 26.8. The molecular formula is C44H35BN2O. The highest BCUT2D eigenvalue weighted by Gasteiger charge is 2.66. The number of hydrogen-bond acceptors (Lipinski definition) is 3. The smallest absolute Gasteiger partial charge is 0.247 e. The Hall–Kier alpha value is -5.22. The fourth-order valence-electron chi connectivity index (χ4n) is 11.0. The fourth-order valence-corrected chi connectivity index (χ4v) is 11.0. The summed E-state index contributed by atoms with van der Waals surface area (Å²) in [5, 5.41) is 1.24. The molecule has 0 saturated heterocycles. The second-order valence-corrected chi connectivity index (χ2v) is 14.7. The number of nitrogens with zero attached hydrogens (tertiary/aromatic N) is 2. The van der Waals surface area contributed by atoms with E-state index in [-0.39, 0.29) is 18.5 Å². The molecule has 3 nitrogen and oxygen atoms in total. The van der Waals surface area contributed by atoms with Crippen molar-refractivity contribution in [2.24, 2.45) is 5.92 Å². The SMILES string of the molecule is CC1C2=C3C(C)(c4ccccc4N4c5ccccc5B5C(=C1N(c1ccccc1)c1ccccc15)C34C)c1oc3ccccc3c1C2C. The number of hydrogen-bond donors (Lipinski definition) is 0. The molecule has 3 aliphatic heterocycles. The van der Waals surface area contributed by atoms with Crippen molar-refractivity contribution in [2.45, 2.75) is 44.6 Å². The average Bonchev–Trinajstić information content (AvgIpc) is 3.53. The summed E-state index contributed by atoms with van der Waals surface area (Å²) in [6.07, 6.45) is 0. The maximum absolute atomic E-state index is 7.09. The minimum absolute atomic E-state index is 0.131. The lowest BCUT2D eigenvalue weighted by Crippen LogP contribution is -2.71. The highest BCUT2D eigenvalue weighted by molar-refractivity contribution is 6.94. The van der Waals surface area contributed by atoms with Crippen LogP contribution < -0.4 is 20.7 Å². The van der Waals surface area contributed by atoms with Crippen LogP contribution in [0.2, 0.25) is 0 Å². The van der Waals surface area contributed by atoms with E-state index in [1.807, 2.05) is 0 Å². The van der Waals surface area contributed by atoms with E-state index in [2.05, 4.69) is 165 Å². The van der Waals surface area contributed by atoms with Gasteiger partial charge in [0.05, 0.1) is 11.0 Å². The largest absolute Gasteiger partial charge is 0.459 e. The van der Waals surface area contributed by atoms with E-state index in [1.165, 1.54) is 72.5 Å². The monoisotopic (exact) mass is 618 g/mol. The molecule has 2 aliphatic carbocycles. The molecule has 1 aromatic heterocycles. The van der Waals surface area contributed by atoms with Crippen LogP contribution in [0.1, 0.15) is 50.5 Å². The molecule has 11 rings (SSSR count). The number of furan rings is 1. The van der Waals surface area contributed by atoms with E-state index in [4.69, 9.17) is 4.42 Å². The van der Waals surface area contributed by atoms with Crippen molar-refractivity contribution in [1.29, 1.82) is 0 Å². The summed E-state index contributed by atoms with van der Waals surface area (Å²) in [5.41, 5.74) is 16.6. The fraction of sp³-hybridized carbons (Fsp3) is 0.182. The Morgan fingerprint density at radius 1 is 0.646 bits per heavy atom. The third-order valence-electron chi connectivity index (χ3n) is 12.6. The first-order valence-electron chi connectivity index (χ1n) is 17.4. The van der Waals surface area contributed by atoms with Crippen LogP contribution in [-0.4, -0.2) is 12.3 Å². The van der Waals surface area contributed by atoms with Gasteiger partial charge in [-0.2, -0.15) is 0 Å². The molecule has 4 unspecified atom stereocenters. The molecule has 4 heterocycles. The summed E-state index contributed by atoms with van der Waals surface area (Å²) in [5.74, 6) is 1.48. The van der Waals surface area contributed by atoms with Gasteiger partial charge >= 0.3 is 0 Å². The van der Waals surface area contributed by atoms with E-state index < -0.39 is 11.0 Å². The number of anilines is 4. The van der Waals surface area contributed by atoms with E-state index in [1.54, 1.807) is 0 Å². The summed E-state index contributed by atoms with van der Waals surface area (Å²) in [4.78, 5) is 5.32. The molecular weight excluding hydrogens is 583 g/mol. The Bertz CT molecular complexity index is 2460. The molecule has 0 N–H and O–H groups in total. The molecule has 0 saturated carbocycles. The van der Waals surface area contributed by atoms with E-state index in [0.29, 0.717) is 0 Å². The van der Waals surface area contributed by atoms with E-state index in [0.717, 1.165) is 11.3 Å². The van der Waals surface area contributed by atoms with E-state index in [9.17, 15) is 0 Å². The second-order valence-electron chi connectivity index (χ2n) is 14.7. The van der Waals surface area contributed by atoms with Gasteiger partial charge in [-0.1, -0.05) is 110 Å². The van der Waals surface area contributed by atoms with Crippen molar-refractivity contribution in [1.82, 2.24) is 0 Å². The average molecular weight is 619 g/mol. The third kappa shape index (κ3) is 2.84. The van der Waals surface area contributed by atoms with Crippen molar-refractivity contribution in [3.63, 3.8) is 0 Å². The molecule has 230 valence electrons. The predicted octanol–water partition coefficient (Wildman–Crippen LogP) is 9.28. The molecule has 48 heavy (non-hydrogen) atoms. The summed E-state index contributed by atoms with van der Waals surface area (Å²) >= 11 is 0. The van der Waals surface area contributed by atoms with Gasteiger partial charge in [-0.25, -0.2) is 0 Å². The Kier molecular flexibility index (Phi) is 4.93. The number of fused-ring (bicyclic) bond motifs is 12. The number of benzene rings is 5. The zero-order valence-electron chi connectivity index (χ0n) is 27.7. The van der Waals surface area contributed by atoms with Gasteiger partial charge in [-0.05, 0) is 77.8 Å². The van der Waals surface area contributed by atoms with Crippen LogP contribution in [0.15, 0.2) is 154 Å². The van der Waals surface area contributed by atoms with Gasteiger partial charge < -0.3 is 14.2 Å². The maximum atomic E-state index is 7.09. The lowest BCUT2D eigenvalue weighted by atomic mass is 9.27. The molecule has 0 spiro atoms. The van der Waals surface area contributed by atoms with Crippen LogP contribution in [-0.2, 0) is 5.41 Å². The summed E-state index contributed by atoms with van der Waals surface area (Å²) in [6, 6.07) is 47.2. The zero-order chi connectivity index (χ0) is 32.1. The minimum Gasteiger partial charge on any atom is -0.459 e. The molecule has 0 amide bonds. The Morgan fingerprint density at radius 2 is 1.27 bits per heavy atom. The Morgan fingerprint density at radius 3 is 2.06 bits per heavy atom. The maximum Gasteiger partial charge on any atom is 0.247 e. The van der Waals surface area contributed by atoms with Gasteiger partial charge in [0.15, 0.2) is 0 Å². The number of rotatable bonds is 1. The van der Waals surface area contributed by atoms with E-state index >= 15 is 0 Å². The highest BCUT2D eigenvalue weighted by Crippen LogP contribution is 2.69. The Balaban J connectivity index is 1.36. The van der Waals surface area contributed by atoms with Crippen LogP contribution in [0.5, 0.6) is 0 Å². The predicted molar refractivity (Wildman–Crippen MR) is 198 cm³/mol. The molecule has 0 radical (unpaired) electrons. The van der Waals surface area contributed by atoms with Gasteiger partial charge in [0.1, 0.15) is 11.3 Å². The van der Waals surface area contributed by atoms with Crippen LogP contribution in [0.25, 0.3) is 11.0 Å². The van der Waals surface area contributed by atoms with Crippen molar-refractivity contribution < 1.29 is 4.42 Å². The zero-order valence-corrected chi connectivity index (χ0v) is 27.7. The lowest BCUT2D eigenvalue weighted by molar-refractivity contribution is 0.373. The lowest BCUT2D eigenvalue weighted by Gasteiger charge is -2.65. The topological polar surface area (TPSA) is 19.6 Å². The molecule has 0 bridgehead atoms. The van der Waals surface area contributed by atoms with Gasteiger partial charge in [0.2, 0.25) is 6.71 Å². The summed E-state index contributed by atoms with van der Waals surface area (Å²) in [6.45, 7) is 10.1. The Labute approximate surface area is 281 Å². The molecule has 5 aromatic carbocycles. The summed E-state index contributed by atoms with van der Waals surface area (Å²) in [7, 11) is 0. The molecule has 6 aromatic rings. The molecule has 4 heteroatoms. The minimum atomic E-state index is -0.448. The first-order valence-corrected chi connectivity index (χ1v) is 17.4. The molecule has 4 atom stereocenters. The number of para-hydroxylation sites is 5. The van der Waals surface area contributed by atoms with Crippen molar-refractivity contribution in [2.75, 3.05) is 9.80 Å². The molecule has 0 fully saturated rings. The van der Waals surface area contributed by atoms with Crippen molar-refractivity contribution in [3.8, 4) is 0 Å². The van der Waals surface area contributed by atoms with Crippen molar-refractivity contribution in [3.05, 3.63) is 167 Å². The normalized spacial score (nSPS) is 25.8. The molecule has 5 aliphatic rings. The van der Waals surface area contributed by atoms with Crippen LogP contribution in [0, 0.1) is 5.92 Å².